The van der Waals surface area contributed by atoms with Crippen LogP contribution in [0.2, 0.25) is 0 Å². The predicted molar refractivity (Wildman–Crippen MR) is 74.9 cm³/mol. The fourth-order valence-electron chi connectivity index (χ4n) is 2.66. The van der Waals surface area contributed by atoms with E-state index in [2.05, 4.69) is 6.58 Å². The lowest BCUT2D eigenvalue weighted by atomic mass is 9.79. The van der Waals surface area contributed by atoms with Crippen molar-refractivity contribution in [3.63, 3.8) is 0 Å². The van der Waals surface area contributed by atoms with Gasteiger partial charge in [-0.3, -0.25) is 4.79 Å². The molecule has 1 aromatic rings. The maximum absolute atomic E-state index is 12.0. The number of primary amides is 1. The lowest BCUT2D eigenvalue weighted by Crippen LogP contribution is -2.37. The number of allylic oxidation sites excluding steroid dienone is 4. The topological polar surface area (TPSA) is 43.1 Å². The number of carbonyl (C=O) groups excluding carboxylic acids is 1. The molecule has 92 valence electrons. The Kier molecular flexibility index (Phi) is 2.95. The minimum atomic E-state index is -0.771. The summed E-state index contributed by atoms with van der Waals surface area (Å²) < 4.78 is 0. The minimum absolute atomic E-state index is 0.333. The average molecular weight is 239 g/mol. The first-order chi connectivity index (χ1) is 8.57. The summed E-state index contributed by atoms with van der Waals surface area (Å²) in [4.78, 5) is 12.0. The molecule has 1 atom stereocenters. The van der Waals surface area contributed by atoms with E-state index in [1.54, 1.807) is 6.08 Å². The molecule has 1 amide bonds. The summed E-state index contributed by atoms with van der Waals surface area (Å²) in [6.45, 7) is 7.57. The molecule has 0 saturated heterocycles. The van der Waals surface area contributed by atoms with Gasteiger partial charge in [0.05, 0.1) is 5.41 Å². The maximum Gasteiger partial charge on any atom is 0.232 e. The third-order valence-electron chi connectivity index (χ3n) is 3.65. The quantitative estimate of drug-likeness (QED) is 0.847. The molecule has 0 bridgehead atoms. The summed E-state index contributed by atoms with van der Waals surface area (Å²) in [6.07, 6.45) is 5.59. The molecule has 0 aromatic heterocycles. The minimum Gasteiger partial charge on any atom is -0.369 e. The van der Waals surface area contributed by atoms with Crippen molar-refractivity contribution in [2.24, 2.45) is 5.73 Å². The average Bonchev–Trinajstić information content (AvgIpc) is 2.61. The van der Waals surface area contributed by atoms with Gasteiger partial charge in [0.1, 0.15) is 0 Å². The third kappa shape index (κ3) is 1.46. The SMILES string of the molecule is C=C/C=C1\C(=CC)c2ccccc2C1(C)C(N)=O. The molecule has 0 saturated carbocycles. The van der Waals surface area contributed by atoms with Gasteiger partial charge in [0.15, 0.2) is 0 Å². The van der Waals surface area contributed by atoms with Crippen molar-refractivity contribution < 1.29 is 4.79 Å². The van der Waals surface area contributed by atoms with Crippen LogP contribution in [0.4, 0.5) is 0 Å². The molecule has 0 radical (unpaired) electrons. The molecule has 0 heterocycles. The summed E-state index contributed by atoms with van der Waals surface area (Å²) >= 11 is 0. The Balaban J connectivity index is 2.84. The molecular weight excluding hydrogens is 222 g/mol. The van der Waals surface area contributed by atoms with Crippen molar-refractivity contribution in [2.45, 2.75) is 19.3 Å². The van der Waals surface area contributed by atoms with E-state index in [0.29, 0.717) is 0 Å². The highest BCUT2D eigenvalue weighted by Crippen LogP contribution is 2.49. The molecule has 1 aromatic carbocycles. The monoisotopic (exact) mass is 239 g/mol. The molecule has 0 fully saturated rings. The molecular formula is C16H17NO. The Morgan fingerprint density at radius 3 is 2.61 bits per heavy atom. The van der Waals surface area contributed by atoms with E-state index in [1.165, 1.54) is 0 Å². The van der Waals surface area contributed by atoms with Gasteiger partial charge >= 0.3 is 0 Å². The lowest BCUT2D eigenvalue weighted by molar-refractivity contribution is -0.121. The van der Waals surface area contributed by atoms with Crippen LogP contribution in [0.5, 0.6) is 0 Å². The van der Waals surface area contributed by atoms with E-state index in [1.807, 2.05) is 50.3 Å². The normalized spacial score (nSPS) is 26.3. The van der Waals surface area contributed by atoms with Crippen molar-refractivity contribution in [3.05, 3.63) is 65.8 Å². The zero-order valence-electron chi connectivity index (χ0n) is 10.7. The van der Waals surface area contributed by atoms with E-state index in [4.69, 9.17) is 5.73 Å². The van der Waals surface area contributed by atoms with Crippen LogP contribution in [0.15, 0.2) is 54.6 Å². The molecule has 2 nitrogen and oxygen atoms in total. The molecule has 1 aliphatic carbocycles. The first-order valence-corrected chi connectivity index (χ1v) is 5.97. The molecule has 2 rings (SSSR count). The Labute approximate surface area is 108 Å². The van der Waals surface area contributed by atoms with Gasteiger partial charge in [0.25, 0.3) is 0 Å². The number of nitrogens with two attached hydrogens (primary N) is 1. The Hall–Kier alpha value is -2.09. The number of rotatable bonds is 2. The predicted octanol–water partition coefficient (Wildman–Crippen LogP) is 2.96. The van der Waals surface area contributed by atoms with E-state index < -0.39 is 5.41 Å². The van der Waals surface area contributed by atoms with Crippen molar-refractivity contribution in [1.29, 1.82) is 0 Å². The van der Waals surface area contributed by atoms with Gasteiger partial charge in [-0.1, -0.05) is 49.1 Å². The molecule has 18 heavy (non-hydrogen) atoms. The Morgan fingerprint density at radius 1 is 1.39 bits per heavy atom. The molecule has 1 aliphatic rings. The van der Waals surface area contributed by atoms with Crippen molar-refractivity contribution in [2.75, 3.05) is 0 Å². The fourth-order valence-corrected chi connectivity index (χ4v) is 2.66. The van der Waals surface area contributed by atoms with Gasteiger partial charge in [0, 0.05) is 0 Å². The van der Waals surface area contributed by atoms with Gasteiger partial charge < -0.3 is 5.73 Å². The maximum atomic E-state index is 12.0. The number of fused-ring (bicyclic) bond motifs is 1. The van der Waals surface area contributed by atoms with Crippen LogP contribution in [-0.2, 0) is 10.2 Å². The molecule has 0 spiro atoms. The standard InChI is InChI=1S/C16H17NO/c1-4-8-13-11(5-2)12-9-6-7-10-14(12)16(13,3)15(17)18/h4-10H,1H2,2-3H3,(H2,17,18)/b11-5?,13-8+. The van der Waals surface area contributed by atoms with Crippen molar-refractivity contribution in [3.8, 4) is 0 Å². The van der Waals surface area contributed by atoms with E-state index >= 15 is 0 Å². The van der Waals surface area contributed by atoms with Crippen LogP contribution >= 0.6 is 0 Å². The van der Waals surface area contributed by atoms with Gasteiger partial charge in [-0.25, -0.2) is 0 Å². The van der Waals surface area contributed by atoms with Gasteiger partial charge in [-0.15, -0.1) is 0 Å². The van der Waals surface area contributed by atoms with Gasteiger partial charge in [-0.2, -0.15) is 0 Å². The highest BCUT2D eigenvalue weighted by Gasteiger charge is 2.45. The first-order valence-electron chi connectivity index (χ1n) is 5.97. The summed E-state index contributed by atoms with van der Waals surface area (Å²) in [5, 5.41) is 0. The first kappa shape index (κ1) is 12.4. The lowest BCUT2D eigenvalue weighted by Gasteiger charge is -2.23. The fraction of sp³-hybridized carbons (Fsp3) is 0.188. The Morgan fingerprint density at radius 2 is 2.06 bits per heavy atom. The second kappa shape index (κ2) is 4.30. The number of carbonyl (C=O) groups is 1. The van der Waals surface area contributed by atoms with Gasteiger partial charge in [-0.05, 0) is 36.1 Å². The van der Waals surface area contributed by atoms with Crippen molar-refractivity contribution in [1.82, 2.24) is 0 Å². The van der Waals surface area contributed by atoms with E-state index in [-0.39, 0.29) is 5.91 Å². The van der Waals surface area contributed by atoms with E-state index in [0.717, 1.165) is 22.3 Å². The molecule has 1 unspecified atom stereocenters. The second-order valence-corrected chi connectivity index (χ2v) is 4.55. The second-order valence-electron chi connectivity index (χ2n) is 4.55. The van der Waals surface area contributed by atoms with E-state index in [9.17, 15) is 4.79 Å². The largest absolute Gasteiger partial charge is 0.369 e. The van der Waals surface area contributed by atoms with Crippen LogP contribution in [0.1, 0.15) is 25.0 Å². The van der Waals surface area contributed by atoms with Gasteiger partial charge in [0.2, 0.25) is 5.91 Å². The summed E-state index contributed by atoms with van der Waals surface area (Å²) in [5.41, 5.74) is 8.91. The van der Waals surface area contributed by atoms with Crippen LogP contribution < -0.4 is 5.73 Å². The summed E-state index contributed by atoms with van der Waals surface area (Å²) in [7, 11) is 0. The zero-order chi connectivity index (χ0) is 13.3. The third-order valence-corrected chi connectivity index (χ3v) is 3.65. The number of amides is 1. The molecule has 2 N–H and O–H groups in total. The van der Waals surface area contributed by atoms with Crippen LogP contribution in [0.3, 0.4) is 0 Å². The van der Waals surface area contributed by atoms with Crippen LogP contribution in [0.25, 0.3) is 5.57 Å². The Bertz CT molecular complexity index is 581. The number of hydrogen-bond donors (Lipinski definition) is 1. The summed E-state index contributed by atoms with van der Waals surface area (Å²) in [6, 6.07) is 7.90. The van der Waals surface area contributed by atoms with Crippen LogP contribution in [0, 0.1) is 0 Å². The highest BCUT2D eigenvalue weighted by molar-refractivity contribution is 6.04. The van der Waals surface area contributed by atoms with Crippen molar-refractivity contribution >= 4 is 11.5 Å². The highest BCUT2D eigenvalue weighted by atomic mass is 16.1. The smallest absolute Gasteiger partial charge is 0.232 e. The number of hydrogen-bond acceptors (Lipinski definition) is 1. The molecule has 2 heteroatoms. The summed E-state index contributed by atoms with van der Waals surface area (Å²) in [5.74, 6) is -0.333. The zero-order valence-corrected chi connectivity index (χ0v) is 10.7. The van der Waals surface area contributed by atoms with Crippen LogP contribution in [-0.4, -0.2) is 5.91 Å². The number of benzene rings is 1. The molecule has 0 aliphatic heterocycles.